The molecule has 0 bridgehead atoms. The number of imidazole rings is 1. The molecule has 0 aliphatic heterocycles. The van der Waals surface area contributed by atoms with Crippen molar-refractivity contribution in [2.75, 3.05) is 0 Å². The minimum absolute atomic E-state index is 0.567. The van der Waals surface area contributed by atoms with Crippen molar-refractivity contribution in [1.29, 1.82) is 5.26 Å². The van der Waals surface area contributed by atoms with Crippen LogP contribution < -0.4 is 0 Å². The first-order chi connectivity index (χ1) is 10.2. The van der Waals surface area contributed by atoms with Crippen LogP contribution in [0.5, 0.6) is 0 Å². The summed E-state index contributed by atoms with van der Waals surface area (Å²) in [7, 11) is 1.94. The quantitative estimate of drug-likeness (QED) is 0.663. The van der Waals surface area contributed by atoms with Crippen LogP contribution in [0.25, 0.3) is 22.7 Å². The highest BCUT2D eigenvalue weighted by molar-refractivity contribution is 5.90. The summed E-state index contributed by atoms with van der Waals surface area (Å²) in [5.41, 5.74) is 4.70. The van der Waals surface area contributed by atoms with Gasteiger partial charge in [0, 0.05) is 7.05 Å². The van der Waals surface area contributed by atoms with Gasteiger partial charge in [-0.1, -0.05) is 42.0 Å². The summed E-state index contributed by atoms with van der Waals surface area (Å²) < 4.78 is 1.96. The van der Waals surface area contributed by atoms with Gasteiger partial charge in [0.05, 0.1) is 16.6 Å². The van der Waals surface area contributed by atoms with Gasteiger partial charge in [-0.3, -0.25) is 0 Å². The summed E-state index contributed by atoms with van der Waals surface area (Å²) in [5, 5.41) is 9.47. The fraction of sp³-hybridized carbons (Fsp3) is 0.111. The molecule has 0 aliphatic carbocycles. The molecule has 0 aliphatic rings. The lowest BCUT2D eigenvalue weighted by Crippen LogP contribution is -1.96. The smallest absolute Gasteiger partial charge is 0.151 e. The summed E-state index contributed by atoms with van der Waals surface area (Å²) >= 11 is 0. The highest BCUT2D eigenvalue weighted by atomic mass is 15.1. The number of fused-ring (bicyclic) bond motifs is 1. The third kappa shape index (κ3) is 2.44. The fourth-order valence-corrected chi connectivity index (χ4v) is 2.36. The summed E-state index contributed by atoms with van der Waals surface area (Å²) in [6.07, 6.45) is 1.88. The summed E-state index contributed by atoms with van der Waals surface area (Å²) in [4.78, 5) is 4.57. The molecule has 102 valence electrons. The number of benzene rings is 2. The monoisotopic (exact) mass is 273 g/mol. The Bertz CT molecular complexity index is 862. The number of allylic oxidation sites excluding steroid dienone is 1. The van der Waals surface area contributed by atoms with Crippen LogP contribution in [0.4, 0.5) is 0 Å². The molecule has 0 saturated carbocycles. The highest BCUT2D eigenvalue weighted by Gasteiger charge is 2.11. The van der Waals surface area contributed by atoms with Crippen molar-refractivity contribution in [1.82, 2.24) is 9.55 Å². The van der Waals surface area contributed by atoms with Crippen molar-refractivity contribution in [3.63, 3.8) is 0 Å². The van der Waals surface area contributed by atoms with Crippen LogP contribution in [0.1, 0.15) is 17.0 Å². The largest absolute Gasteiger partial charge is 0.327 e. The molecule has 0 unspecified atom stereocenters. The van der Waals surface area contributed by atoms with Gasteiger partial charge >= 0.3 is 0 Å². The maximum absolute atomic E-state index is 9.47. The molecule has 0 fully saturated rings. The number of aryl methyl sites for hydroxylation is 2. The van der Waals surface area contributed by atoms with E-state index in [0.717, 1.165) is 16.6 Å². The van der Waals surface area contributed by atoms with Gasteiger partial charge in [0.1, 0.15) is 6.07 Å². The lowest BCUT2D eigenvalue weighted by atomic mass is 10.1. The maximum atomic E-state index is 9.47. The Hall–Kier alpha value is -2.86. The van der Waals surface area contributed by atoms with Crippen molar-refractivity contribution >= 4 is 22.7 Å². The van der Waals surface area contributed by atoms with Gasteiger partial charge in [0.2, 0.25) is 0 Å². The zero-order valence-corrected chi connectivity index (χ0v) is 12.0. The van der Waals surface area contributed by atoms with E-state index in [2.05, 4.69) is 11.1 Å². The molecule has 1 aromatic heterocycles. The molecule has 0 amide bonds. The Labute approximate surface area is 123 Å². The normalized spacial score (nSPS) is 11.6. The van der Waals surface area contributed by atoms with E-state index in [-0.39, 0.29) is 0 Å². The van der Waals surface area contributed by atoms with E-state index in [4.69, 9.17) is 0 Å². The van der Waals surface area contributed by atoms with Crippen molar-refractivity contribution < 1.29 is 0 Å². The van der Waals surface area contributed by atoms with E-state index in [1.807, 2.05) is 73.1 Å². The minimum Gasteiger partial charge on any atom is -0.327 e. The molecular weight excluding hydrogens is 258 g/mol. The van der Waals surface area contributed by atoms with Gasteiger partial charge in [0.25, 0.3) is 0 Å². The third-order valence-electron chi connectivity index (χ3n) is 3.54. The van der Waals surface area contributed by atoms with Gasteiger partial charge in [-0.2, -0.15) is 5.26 Å². The van der Waals surface area contributed by atoms with Gasteiger partial charge in [-0.25, -0.2) is 4.98 Å². The second kappa shape index (κ2) is 5.26. The van der Waals surface area contributed by atoms with Crippen LogP contribution in [-0.2, 0) is 7.05 Å². The first-order valence-electron chi connectivity index (χ1n) is 6.79. The Kier molecular flexibility index (Phi) is 3.29. The van der Waals surface area contributed by atoms with E-state index in [9.17, 15) is 5.26 Å². The molecule has 21 heavy (non-hydrogen) atoms. The Morgan fingerprint density at radius 2 is 1.86 bits per heavy atom. The van der Waals surface area contributed by atoms with Crippen molar-refractivity contribution in [2.45, 2.75) is 6.92 Å². The molecule has 0 N–H and O–H groups in total. The average Bonchev–Trinajstić information content (AvgIpc) is 2.84. The number of hydrogen-bond acceptors (Lipinski definition) is 2. The van der Waals surface area contributed by atoms with Crippen LogP contribution in [0.15, 0.2) is 48.5 Å². The molecular formula is C18H15N3. The summed E-state index contributed by atoms with van der Waals surface area (Å²) in [6, 6.07) is 18.2. The van der Waals surface area contributed by atoms with Gasteiger partial charge in [-0.15, -0.1) is 0 Å². The lowest BCUT2D eigenvalue weighted by Gasteiger charge is -2.01. The van der Waals surface area contributed by atoms with Crippen molar-refractivity contribution in [3.05, 3.63) is 65.5 Å². The second-order valence-electron chi connectivity index (χ2n) is 5.06. The van der Waals surface area contributed by atoms with Crippen LogP contribution in [0.2, 0.25) is 0 Å². The van der Waals surface area contributed by atoms with E-state index in [0.29, 0.717) is 11.4 Å². The second-order valence-corrected chi connectivity index (χ2v) is 5.06. The highest BCUT2D eigenvalue weighted by Crippen LogP contribution is 2.22. The Morgan fingerprint density at radius 3 is 2.52 bits per heavy atom. The Morgan fingerprint density at radius 1 is 1.14 bits per heavy atom. The van der Waals surface area contributed by atoms with Crippen molar-refractivity contribution in [2.24, 2.45) is 7.05 Å². The standard InChI is InChI=1S/C18H15N3/c1-13-7-9-14(10-8-13)11-15(12-19)18-20-16-5-3-4-6-17(16)21(18)2/h3-11H,1-2H3/b15-11-. The molecule has 2 aromatic carbocycles. The first kappa shape index (κ1) is 13.1. The van der Waals surface area contributed by atoms with E-state index in [1.54, 1.807) is 0 Å². The predicted octanol–water partition coefficient (Wildman–Crippen LogP) is 3.95. The van der Waals surface area contributed by atoms with Crippen LogP contribution in [-0.4, -0.2) is 9.55 Å². The summed E-state index contributed by atoms with van der Waals surface area (Å²) in [6.45, 7) is 2.05. The zero-order valence-electron chi connectivity index (χ0n) is 12.0. The zero-order chi connectivity index (χ0) is 14.8. The molecule has 3 heteroatoms. The number of nitrogens with zero attached hydrogens (tertiary/aromatic N) is 3. The number of rotatable bonds is 2. The molecule has 0 spiro atoms. The maximum Gasteiger partial charge on any atom is 0.151 e. The summed E-state index contributed by atoms with van der Waals surface area (Å²) in [5.74, 6) is 0.694. The number of aromatic nitrogens is 2. The molecule has 3 nitrogen and oxygen atoms in total. The molecule has 3 rings (SSSR count). The topological polar surface area (TPSA) is 41.6 Å². The van der Waals surface area contributed by atoms with Crippen molar-refractivity contribution in [3.8, 4) is 6.07 Å². The number of nitriles is 1. The fourth-order valence-electron chi connectivity index (χ4n) is 2.36. The van der Waals surface area contributed by atoms with E-state index < -0.39 is 0 Å². The predicted molar refractivity (Wildman–Crippen MR) is 85.4 cm³/mol. The number of para-hydroxylation sites is 2. The molecule has 0 radical (unpaired) electrons. The van der Waals surface area contributed by atoms with Gasteiger partial charge in [0.15, 0.2) is 5.82 Å². The first-order valence-corrected chi connectivity index (χ1v) is 6.79. The lowest BCUT2D eigenvalue weighted by molar-refractivity contribution is 0.925. The van der Waals surface area contributed by atoms with E-state index in [1.165, 1.54) is 5.56 Å². The Balaban J connectivity index is 2.12. The molecule has 0 atom stereocenters. The number of hydrogen-bond donors (Lipinski definition) is 0. The molecule has 0 saturated heterocycles. The molecule has 3 aromatic rings. The van der Waals surface area contributed by atoms with Gasteiger partial charge < -0.3 is 4.57 Å². The van der Waals surface area contributed by atoms with Crippen LogP contribution in [0.3, 0.4) is 0 Å². The van der Waals surface area contributed by atoms with Crippen LogP contribution >= 0.6 is 0 Å². The average molecular weight is 273 g/mol. The molecule has 1 heterocycles. The van der Waals surface area contributed by atoms with Gasteiger partial charge in [-0.05, 0) is 30.7 Å². The van der Waals surface area contributed by atoms with E-state index >= 15 is 0 Å². The third-order valence-corrected chi connectivity index (χ3v) is 3.54. The minimum atomic E-state index is 0.567. The van der Waals surface area contributed by atoms with Crippen LogP contribution in [0, 0.1) is 18.3 Å². The SMILES string of the molecule is Cc1ccc(/C=C(/C#N)c2nc3ccccc3n2C)cc1.